The Hall–Kier alpha value is -3.22. The van der Waals surface area contributed by atoms with Crippen LogP contribution in [0.2, 0.25) is 0 Å². The Kier molecular flexibility index (Phi) is 5.21. The molecule has 0 bridgehead atoms. The predicted molar refractivity (Wildman–Crippen MR) is 102 cm³/mol. The van der Waals surface area contributed by atoms with E-state index in [1.165, 1.54) is 4.68 Å². The predicted octanol–water partition coefficient (Wildman–Crippen LogP) is 2.86. The van der Waals surface area contributed by atoms with Gasteiger partial charge in [0.15, 0.2) is 0 Å². The van der Waals surface area contributed by atoms with Crippen molar-refractivity contribution in [3.8, 4) is 0 Å². The van der Waals surface area contributed by atoms with E-state index >= 15 is 0 Å². The summed E-state index contributed by atoms with van der Waals surface area (Å²) in [4.78, 5) is 28.8. The summed E-state index contributed by atoms with van der Waals surface area (Å²) < 4.78 is 6.66. The first-order valence-corrected chi connectivity index (χ1v) is 8.68. The van der Waals surface area contributed by atoms with Gasteiger partial charge in [0.1, 0.15) is 5.60 Å². The first-order chi connectivity index (χ1) is 12.8. The Labute approximate surface area is 157 Å². The van der Waals surface area contributed by atoms with Gasteiger partial charge in [-0.15, -0.1) is 0 Å². The van der Waals surface area contributed by atoms with Crippen LogP contribution in [-0.4, -0.2) is 26.5 Å². The van der Waals surface area contributed by atoms with Gasteiger partial charge in [0.05, 0.1) is 24.2 Å². The van der Waals surface area contributed by atoms with Crippen LogP contribution in [0.15, 0.2) is 53.6 Å². The van der Waals surface area contributed by atoms with E-state index in [1.807, 2.05) is 30.3 Å². The molecule has 0 radical (unpaired) electrons. The third-order valence-electron chi connectivity index (χ3n) is 3.80. The van der Waals surface area contributed by atoms with Crippen molar-refractivity contribution in [1.82, 2.24) is 20.1 Å². The summed E-state index contributed by atoms with van der Waals surface area (Å²) in [6.07, 6.45) is 2.84. The number of nitrogens with zero attached hydrogens (tertiary/aromatic N) is 3. The van der Waals surface area contributed by atoms with Crippen LogP contribution in [0.4, 0.5) is 4.79 Å². The molecule has 0 saturated carbocycles. The van der Waals surface area contributed by atoms with Crippen LogP contribution in [0.25, 0.3) is 10.8 Å². The normalized spacial score (nSPS) is 11.4. The number of carbonyl (C=O) groups is 1. The summed E-state index contributed by atoms with van der Waals surface area (Å²) in [5, 5.41) is 8.44. The zero-order chi connectivity index (χ0) is 19.4. The first-order valence-electron chi connectivity index (χ1n) is 8.68. The lowest BCUT2D eigenvalue weighted by atomic mass is 10.1. The lowest BCUT2D eigenvalue weighted by Gasteiger charge is -2.20. The minimum atomic E-state index is -0.585. The zero-order valence-corrected chi connectivity index (χ0v) is 15.6. The number of alkyl carbamates (subject to hydrolysis) is 1. The van der Waals surface area contributed by atoms with E-state index in [1.54, 1.807) is 39.2 Å². The Balaban J connectivity index is 1.93. The minimum Gasteiger partial charge on any atom is -0.444 e. The Bertz CT molecular complexity index is 1010. The van der Waals surface area contributed by atoms with E-state index in [-0.39, 0.29) is 12.1 Å². The second kappa shape index (κ2) is 7.57. The molecule has 27 heavy (non-hydrogen) atoms. The number of ether oxygens (including phenoxy) is 1. The van der Waals surface area contributed by atoms with Crippen LogP contribution >= 0.6 is 0 Å². The van der Waals surface area contributed by atoms with Crippen molar-refractivity contribution >= 4 is 16.9 Å². The fourth-order valence-corrected chi connectivity index (χ4v) is 2.68. The van der Waals surface area contributed by atoms with Gasteiger partial charge >= 0.3 is 6.09 Å². The molecule has 0 aliphatic rings. The number of pyridine rings is 1. The number of fused-ring (bicyclic) bond motifs is 1. The van der Waals surface area contributed by atoms with Crippen LogP contribution in [0.5, 0.6) is 0 Å². The van der Waals surface area contributed by atoms with E-state index < -0.39 is 11.7 Å². The van der Waals surface area contributed by atoms with Crippen LogP contribution in [0.3, 0.4) is 0 Å². The van der Waals surface area contributed by atoms with E-state index in [2.05, 4.69) is 15.4 Å². The molecular weight excluding hydrogens is 344 g/mol. The zero-order valence-electron chi connectivity index (χ0n) is 15.6. The maximum atomic E-state index is 12.8. The molecule has 2 heterocycles. The highest BCUT2D eigenvalue weighted by Crippen LogP contribution is 2.14. The topological polar surface area (TPSA) is 86.1 Å². The van der Waals surface area contributed by atoms with E-state index in [0.717, 1.165) is 5.56 Å². The third-order valence-corrected chi connectivity index (χ3v) is 3.80. The van der Waals surface area contributed by atoms with Crippen molar-refractivity contribution in [2.24, 2.45) is 0 Å². The number of hydrogen-bond acceptors (Lipinski definition) is 5. The fourth-order valence-electron chi connectivity index (χ4n) is 2.68. The van der Waals surface area contributed by atoms with Gasteiger partial charge in [-0.2, -0.15) is 5.10 Å². The lowest BCUT2D eigenvalue weighted by molar-refractivity contribution is 0.0523. The standard InChI is InChI=1S/C20H22N4O3/c1-20(2,3)27-19(26)22-12-17-15-8-4-5-9-16(15)18(25)24(23-17)13-14-7-6-10-21-11-14/h4-11H,12-13H2,1-3H3,(H,22,26). The number of aromatic nitrogens is 3. The van der Waals surface area contributed by atoms with Crippen molar-refractivity contribution < 1.29 is 9.53 Å². The van der Waals surface area contributed by atoms with Crippen molar-refractivity contribution in [1.29, 1.82) is 0 Å². The fraction of sp³-hybridized carbons (Fsp3) is 0.300. The van der Waals surface area contributed by atoms with Gasteiger partial charge in [-0.05, 0) is 38.5 Å². The van der Waals surface area contributed by atoms with Crippen molar-refractivity contribution in [2.45, 2.75) is 39.5 Å². The number of hydrogen-bond donors (Lipinski definition) is 1. The molecule has 1 N–H and O–H groups in total. The smallest absolute Gasteiger partial charge is 0.407 e. The highest BCUT2D eigenvalue weighted by atomic mass is 16.6. The van der Waals surface area contributed by atoms with Gasteiger partial charge in [0, 0.05) is 17.8 Å². The van der Waals surface area contributed by atoms with Crippen LogP contribution in [-0.2, 0) is 17.8 Å². The average molecular weight is 366 g/mol. The number of amides is 1. The van der Waals surface area contributed by atoms with Gasteiger partial charge in [-0.25, -0.2) is 9.48 Å². The summed E-state index contributed by atoms with van der Waals surface area (Å²) >= 11 is 0. The van der Waals surface area contributed by atoms with Crippen LogP contribution in [0, 0.1) is 0 Å². The molecule has 0 fully saturated rings. The Morgan fingerprint density at radius 3 is 2.56 bits per heavy atom. The molecule has 2 aromatic heterocycles. The van der Waals surface area contributed by atoms with Crippen molar-refractivity contribution in [3.05, 3.63) is 70.4 Å². The molecule has 0 aliphatic heterocycles. The van der Waals surface area contributed by atoms with Gasteiger partial charge in [-0.3, -0.25) is 9.78 Å². The summed E-state index contributed by atoms with van der Waals surface area (Å²) in [5.41, 5.74) is 0.697. The molecule has 0 spiro atoms. The van der Waals surface area contributed by atoms with Crippen LogP contribution in [0.1, 0.15) is 32.0 Å². The summed E-state index contributed by atoms with van der Waals surface area (Å²) in [5.74, 6) is 0. The Morgan fingerprint density at radius 1 is 1.15 bits per heavy atom. The van der Waals surface area contributed by atoms with E-state index in [4.69, 9.17) is 4.74 Å². The highest BCUT2D eigenvalue weighted by Gasteiger charge is 2.17. The third kappa shape index (κ3) is 4.69. The molecule has 7 nitrogen and oxygen atoms in total. The molecule has 1 aromatic carbocycles. The summed E-state index contributed by atoms with van der Waals surface area (Å²) in [6, 6.07) is 10.9. The molecule has 3 aromatic rings. The number of nitrogens with one attached hydrogen (secondary N) is 1. The lowest BCUT2D eigenvalue weighted by Crippen LogP contribution is -2.33. The van der Waals surface area contributed by atoms with Gasteiger partial charge in [-0.1, -0.05) is 24.3 Å². The molecule has 7 heteroatoms. The number of benzene rings is 1. The number of carbonyl (C=O) groups excluding carboxylic acids is 1. The van der Waals surface area contributed by atoms with Gasteiger partial charge in [0.25, 0.3) is 5.56 Å². The van der Waals surface area contributed by atoms with Gasteiger partial charge in [0.2, 0.25) is 0 Å². The largest absolute Gasteiger partial charge is 0.444 e. The molecule has 0 unspecified atom stereocenters. The quantitative estimate of drug-likeness (QED) is 0.767. The van der Waals surface area contributed by atoms with Crippen molar-refractivity contribution in [2.75, 3.05) is 0 Å². The van der Waals surface area contributed by atoms with Crippen LogP contribution < -0.4 is 10.9 Å². The first kappa shape index (κ1) is 18.6. The second-order valence-electron chi connectivity index (χ2n) is 7.17. The maximum absolute atomic E-state index is 12.8. The molecule has 3 rings (SSSR count). The molecule has 0 saturated heterocycles. The summed E-state index contributed by atoms with van der Waals surface area (Å²) in [6.45, 7) is 5.86. The molecule has 1 amide bonds. The van der Waals surface area contributed by atoms with Crippen molar-refractivity contribution in [3.63, 3.8) is 0 Å². The monoisotopic (exact) mass is 366 g/mol. The number of rotatable bonds is 4. The minimum absolute atomic E-state index is 0.156. The Morgan fingerprint density at radius 2 is 1.89 bits per heavy atom. The summed E-state index contributed by atoms with van der Waals surface area (Å²) in [7, 11) is 0. The van der Waals surface area contributed by atoms with E-state index in [0.29, 0.717) is 23.0 Å². The molecule has 0 aliphatic carbocycles. The molecule has 0 atom stereocenters. The molecule has 140 valence electrons. The maximum Gasteiger partial charge on any atom is 0.407 e. The second-order valence-corrected chi connectivity index (χ2v) is 7.17. The highest BCUT2D eigenvalue weighted by molar-refractivity contribution is 5.83. The van der Waals surface area contributed by atoms with Gasteiger partial charge < -0.3 is 10.1 Å². The average Bonchev–Trinajstić information content (AvgIpc) is 2.62. The molecular formula is C20H22N4O3. The van der Waals surface area contributed by atoms with E-state index in [9.17, 15) is 9.59 Å². The SMILES string of the molecule is CC(C)(C)OC(=O)NCc1nn(Cc2cccnc2)c(=O)c2ccccc12.